The van der Waals surface area contributed by atoms with E-state index in [4.69, 9.17) is 0 Å². The molecule has 0 aliphatic heterocycles. The van der Waals surface area contributed by atoms with Gasteiger partial charge >= 0.3 is 0 Å². The highest BCUT2D eigenvalue weighted by Gasteiger charge is 2.27. The van der Waals surface area contributed by atoms with Gasteiger partial charge in [0.2, 0.25) is 0 Å². The number of aliphatic hydroxyl groups excluding tert-OH is 1. The zero-order valence-electron chi connectivity index (χ0n) is 12.0. The van der Waals surface area contributed by atoms with Gasteiger partial charge < -0.3 is 15.7 Å². The highest BCUT2D eigenvalue weighted by Crippen LogP contribution is 2.28. The van der Waals surface area contributed by atoms with Crippen molar-refractivity contribution in [3.05, 3.63) is 11.4 Å². The maximum atomic E-state index is 9.30. The monoisotopic (exact) mass is 264 g/mol. The number of aryl methyl sites for hydroxylation is 1. The van der Waals surface area contributed by atoms with Crippen LogP contribution in [0.25, 0.3) is 0 Å². The van der Waals surface area contributed by atoms with Crippen LogP contribution in [-0.2, 0) is 6.42 Å². The molecule has 1 heterocycles. The van der Waals surface area contributed by atoms with Gasteiger partial charge in [0.25, 0.3) is 0 Å². The highest BCUT2D eigenvalue weighted by atomic mass is 16.3. The number of nitrogens with zero attached hydrogens (tertiary/aromatic N) is 2. The number of anilines is 2. The first kappa shape index (κ1) is 14.1. The maximum Gasteiger partial charge on any atom is 0.134 e. The molecule has 0 unspecified atom stereocenters. The van der Waals surface area contributed by atoms with Crippen LogP contribution in [0.5, 0.6) is 0 Å². The predicted octanol–water partition coefficient (Wildman–Crippen LogP) is 1.96. The molecule has 19 heavy (non-hydrogen) atoms. The van der Waals surface area contributed by atoms with E-state index in [9.17, 15) is 5.11 Å². The molecule has 2 rings (SSSR count). The second-order valence-electron chi connectivity index (χ2n) is 5.22. The van der Waals surface area contributed by atoms with Gasteiger partial charge in [0, 0.05) is 25.1 Å². The molecule has 0 atom stereocenters. The first-order valence-corrected chi connectivity index (χ1v) is 7.17. The van der Waals surface area contributed by atoms with Crippen molar-refractivity contribution >= 4 is 11.6 Å². The Kier molecular flexibility index (Phi) is 4.58. The van der Waals surface area contributed by atoms with Gasteiger partial charge in [-0.15, -0.1) is 0 Å². The van der Waals surface area contributed by atoms with Crippen molar-refractivity contribution in [3.63, 3.8) is 0 Å². The van der Waals surface area contributed by atoms with Crippen LogP contribution in [0.3, 0.4) is 0 Å². The molecule has 1 aliphatic rings. The number of rotatable bonds is 6. The van der Waals surface area contributed by atoms with Gasteiger partial charge in [-0.2, -0.15) is 0 Å². The van der Waals surface area contributed by atoms with Crippen LogP contribution in [-0.4, -0.2) is 34.3 Å². The van der Waals surface area contributed by atoms with E-state index in [0.29, 0.717) is 5.92 Å². The Morgan fingerprint density at radius 2 is 1.79 bits per heavy atom. The van der Waals surface area contributed by atoms with Crippen molar-refractivity contribution in [2.75, 3.05) is 23.7 Å². The Labute approximate surface area is 114 Å². The van der Waals surface area contributed by atoms with Crippen molar-refractivity contribution in [3.8, 4) is 0 Å². The number of nitrogens with one attached hydrogen (secondary N) is 2. The van der Waals surface area contributed by atoms with E-state index in [0.717, 1.165) is 55.4 Å². The minimum absolute atomic E-state index is 0.0955. The van der Waals surface area contributed by atoms with Crippen molar-refractivity contribution in [2.24, 2.45) is 5.92 Å². The Morgan fingerprint density at radius 3 is 2.32 bits per heavy atom. The molecule has 3 N–H and O–H groups in total. The molecule has 0 saturated heterocycles. The first-order chi connectivity index (χ1) is 9.13. The van der Waals surface area contributed by atoms with Crippen molar-refractivity contribution < 1.29 is 5.11 Å². The first-order valence-electron chi connectivity index (χ1n) is 7.17. The molecule has 0 spiro atoms. The van der Waals surface area contributed by atoms with Crippen molar-refractivity contribution in [2.45, 2.75) is 46.1 Å². The van der Waals surface area contributed by atoms with E-state index in [1.54, 1.807) is 0 Å². The van der Waals surface area contributed by atoms with Gasteiger partial charge in [-0.3, -0.25) is 0 Å². The number of aromatic nitrogens is 2. The molecular weight excluding hydrogens is 240 g/mol. The molecule has 1 aromatic rings. The number of hydrogen-bond donors (Lipinski definition) is 3. The molecule has 0 bridgehead atoms. The fourth-order valence-corrected chi connectivity index (χ4v) is 2.34. The summed E-state index contributed by atoms with van der Waals surface area (Å²) < 4.78 is 0. The molecular formula is C14H24N4O. The third kappa shape index (κ3) is 3.35. The summed E-state index contributed by atoms with van der Waals surface area (Å²) in [6.45, 7) is 7.90. The number of hydrogen-bond acceptors (Lipinski definition) is 5. The Balaban J connectivity index is 2.06. The molecule has 0 amide bonds. The molecule has 0 aromatic carbocycles. The molecule has 106 valence electrons. The average Bonchev–Trinajstić information content (AvgIpc) is 2.37. The molecule has 5 nitrogen and oxygen atoms in total. The normalized spacial score (nSPS) is 21.9. The second kappa shape index (κ2) is 6.19. The van der Waals surface area contributed by atoms with Crippen molar-refractivity contribution in [1.29, 1.82) is 0 Å². The van der Waals surface area contributed by atoms with E-state index in [2.05, 4.69) is 34.4 Å². The minimum Gasteiger partial charge on any atom is -0.393 e. The van der Waals surface area contributed by atoms with E-state index >= 15 is 0 Å². The zero-order valence-corrected chi connectivity index (χ0v) is 12.0. The van der Waals surface area contributed by atoms with E-state index < -0.39 is 0 Å². The molecule has 5 heteroatoms. The standard InChI is InChI=1S/C14H24N4O/c1-4-12-17-13(15-5-2)9(3)14(18-12)16-8-10-6-11(19)7-10/h10-11,19H,4-8H2,1-3H3,(H2,15,16,17,18). The summed E-state index contributed by atoms with van der Waals surface area (Å²) >= 11 is 0. The van der Waals surface area contributed by atoms with Crippen LogP contribution in [0.4, 0.5) is 11.6 Å². The molecule has 1 saturated carbocycles. The Morgan fingerprint density at radius 1 is 1.16 bits per heavy atom. The average molecular weight is 264 g/mol. The van der Waals surface area contributed by atoms with E-state index in [-0.39, 0.29) is 6.10 Å². The summed E-state index contributed by atoms with van der Waals surface area (Å²) in [4.78, 5) is 9.07. The summed E-state index contributed by atoms with van der Waals surface area (Å²) in [5.74, 6) is 3.27. The third-order valence-electron chi connectivity index (χ3n) is 3.62. The van der Waals surface area contributed by atoms with Gasteiger partial charge in [0.05, 0.1) is 6.10 Å². The lowest BCUT2D eigenvalue weighted by molar-refractivity contribution is 0.0486. The van der Waals surface area contributed by atoms with Gasteiger partial charge in [-0.1, -0.05) is 6.92 Å². The van der Waals surface area contributed by atoms with Crippen LogP contribution in [0.1, 0.15) is 38.1 Å². The maximum absolute atomic E-state index is 9.30. The predicted molar refractivity (Wildman–Crippen MR) is 77.5 cm³/mol. The summed E-state index contributed by atoms with van der Waals surface area (Å²) in [5, 5.41) is 16.0. The van der Waals surface area contributed by atoms with E-state index in [1.165, 1.54) is 0 Å². The molecule has 0 radical (unpaired) electrons. The number of aliphatic hydroxyl groups is 1. The summed E-state index contributed by atoms with van der Waals surface area (Å²) in [6.07, 6.45) is 2.53. The lowest BCUT2D eigenvalue weighted by Gasteiger charge is -2.31. The minimum atomic E-state index is -0.0955. The largest absolute Gasteiger partial charge is 0.393 e. The lowest BCUT2D eigenvalue weighted by atomic mass is 9.82. The molecule has 1 aliphatic carbocycles. The SMILES string of the molecule is CCNc1nc(CC)nc(NCC2CC(O)C2)c1C. The lowest BCUT2D eigenvalue weighted by Crippen LogP contribution is -2.33. The van der Waals surface area contributed by atoms with Crippen LogP contribution in [0, 0.1) is 12.8 Å². The Bertz CT molecular complexity index is 430. The third-order valence-corrected chi connectivity index (χ3v) is 3.62. The molecule has 1 aromatic heterocycles. The summed E-state index contributed by atoms with van der Waals surface area (Å²) in [6, 6.07) is 0. The van der Waals surface area contributed by atoms with Crippen LogP contribution in [0.2, 0.25) is 0 Å². The summed E-state index contributed by atoms with van der Waals surface area (Å²) in [7, 11) is 0. The highest BCUT2D eigenvalue weighted by molar-refractivity contribution is 5.57. The zero-order chi connectivity index (χ0) is 13.8. The fourth-order valence-electron chi connectivity index (χ4n) is 2.34. The van der Waals surface area contributed by atoms with Crippen LogP contribution >= 0.6 is 0 Å². The van der Waals surface area contributed by atoms with Gasteiger partial charge in [0.1, 0.15) is 17.5 Å². The molecule has 1 fully saturated rings. The second-order valence-corrected chi connectivity index (χ2v) is 5.22. The van der Waals surface area contributed by atoms with Crippen LogP contribution in [0.15, 0.2) is 0 Å². The van der Waals surface area contributed by atoms with Gasteiger partial charge in [0.15, 0.2) is 0 Å². The summed E-state index contributed by atoms with van der Waals surface area (Å²) in [5.41, 5.74) is 1.07. The van der Waals surface area contributed by atoms with Crippen LogP contribution < -0.4 is 10.6 Å². The van der Waals surface area contributed by atoms with Crippen molar-refractivity contribution in [1.82, 2.24) is 9.97 Å². The quantitative estimate of drug-likeness (QED) is 0.733. The Hall–Kier alpha value is -1.36. The van der Waals surface area contributed by atoms with E-state index in [1.807, 2.05) is 6.92 Å². The fraction of sp³-hybridized carbons (Fsp3) is 0.714. The van der Waals surface area contributed by atoms with Gasteiger partial charge in [-0.05, 0) is 32.6 Å². The smallest absolute Gasteiger partial charge is 0.134 e. The van der Waals surface area contributed by atoms with Gasteiger partial charge in [-0.25, -0.2) is 9.97 Å². The topological polar surface area (TPSA) is 70.1 Å².